The number of carbonyl (C=O) groups is 3. The number of ether oxygens (including phenoxy) is 1. The molecule has 2 heterocycles. The summed E-state index contributed by atoms with van der Waals surface area (Å²) in [6.45, 7) is 3.37. The van der Waals surface area contributed by atoms with Gasteiger partial charge in [0.05, 0.1) is 10.4 Å². The fourth-order valence-electron chi connectivity index (χ4n) is 2.85. The predicted molar refractivity (Wildman–Crippen MR) is 104 cm³/mol. The fraction of sp³-hybridized carbons (Fsp3) is 0.350. The van der Waals surface area contributed by atoms with Crippen LogP contribution < -0.4 is 5.32 Å². The summed E-state index contributed by atoms with van der Waals surface area (Å²) < 4.78 is 5.13. The molecule has 0 bridgehead atoms. The van der Waals surface area contributed by atoms with E-state index in [1.54, 1.807) is 35.2 Å². The van der Waals surface area contributed by atoms with Crippen LogP contribution in [0.25, 0.3) is 0 Å². The number of anilines is 1. The third-order valence-corrected chi connectivity index (χ3v) is 5.46. The van der Waals surface area contributed by atoms with Gasteiger partial charge in [-0.3, -0.25) is 9.59 Å². The van der Waals surface area contributed by atoms with Crippen molar-refractivity contribution in [3.8, 4) is 0 Å². The number of esters is 1. The molecule has 142 valence electrons. The monoisotopic (exact) mass is 386 g/mol. The number of rotatable bonds is 5. The van der Waals surface area contributed by atoms with E-state index in [-0.39, 0.29) is 18.4 Å². The number of nitrogens with zero attached hydrogens (tertiary/aromatic N) is 1. The zero-order valence-electron chi connectivity index (χ0n) is 15.1. The lowest BCUT2D eigenvalue weighted by Crippen LogP contribution is -2.40. The first-order valence-electron chi connectivity index (χ1n) is 8.93. The van der Waals surface area contributed by atoms with Crippen LogP contribution in [0.5, 0.6) is 0 Å². The molecule has 1 aliphatic heterocycles. The van der Waals surface area contributed by atoms with Crippen molar-refractivity contribution in [2.75, 3.05) is 25.0 Å². The lowest BCUT2D eigenvalue weighted by atomic mass is 9.99. The summed E-state index contributed by atoms with van der Waals surface area (Å²) in [6, 6.07) is 9.96. The number of hydrogen-bond acceptors (Lipinski definition) is 5. The van der Waals surface area contributed by atoms with Gasteiger partial charge in [0.25, 0.3) is 11.8 Å². The Kier molecular flexibility index (Phi) is 6.24. The largest absolute Gasteiger partial charge is 0.452 e. The van der Waals surface area contributed by atoms with E-state index in [4.69, 9.17) is 4.74 Å². The molecule has 1 N–H and O–H groups in total. The van der Waals surface area contributed by atoms with Crippen LogP contribution in [0.2, 0.25) is 0 Å². The molecule has 1 saturated heterocycles. The zero-order valence-corrected chi connectivity index (χ0v) is 16.0. The lowest BCUT2D eigenvalue weighted by Gasteiger charge is -2.30. The maximum absolute atomic E-state index is 12.1. The minimum atomic E-state index is -0.551. The molecule has 0 saturated carbocycles. The summed E-state index contributed by atoms with van der Waals surface area (Å²) in [7, 11) is 0. The van der Waals surface area contributed by atoms with Crippen molar-refractivity contribution >= 4 is 34.8 Å². The van der Waals surface area contributed by atoms with Crippen LogP contribution in [0, 0.1) is 5.92 Å². The maximum Gasteiger partial charge on any atom is 0.338 e. The number of amides is 2. The lowest BCUT2D eigenvalue weighted by molar-refractivity contribution is -0.135. The summed E-state index contributed by atoms with van der Waals surface area (Å²) >= 11 is 1.36. The van der Waals surface area contributed by atoms with Crippen molar-refractivity contribution in [1.29, 1.82) is 0 Å². The Morgan fingerprint density at radius 1 is 1.15 bits per heavy atom. The van der Waals surface area contributed by atoms with Crippen LogP contribution in [0.4, 0.5) is 5.69 Å². The average Bonchev–Trinajstić information content (AvgIpc) is 3.22. The van der Waals surface area contributed by atoms with Crippen molar-refractivity contribution in [2.45, 2.75) is 19.8 Å². The van der Waals surface area contributed by atoms with E-state index in [0.717, 1.165) is 25.9 Å². The Labute approximate surface area is 162 Å². The van der Waals surface area contributed by atoms with Gasteiger partial charge in [-0.05, 0) is 54.5 Å². The van der Waals surface area contributed by atoms with E-state index < -0.39 is 5.97 Å². The quantitative estimate of drug-likeness (QED) is 0.799. The highest BCUT2D eigenvalue weighted by Crippen LogP contribution is 2.17. The summed E-state index contributed by atoms with van der Waals surface area (Å²) in [5, 5.41) is 4.60. The summed E-state index contributed by atoms with van der Waals surface area (Å²) in [5.41, 5.74) is 0.924. The molecule has 2 amide bonds. The molecule has 0 atom stereocenters. The normalized spacial score (nSPS) is 14.6. The van der Waals surface area contributed by atoms with Gasteiger partial charge >= 0.3 is 5.97 Å². The first-order valence-corrected chi connectivity index (χ1v) is 9.80. The molecule has 7 heteroatoms. The SMILES string of the molecule is CC1CCN(C(=O)COC(=O)c2ccc(NC(=O)c3cccs3)cc2)CC1. The van der Waals surface area contributed by atoms with E-state index in [1.165, 1.54) is 11.3 Å². The fourth-order valence-corrected chi connectivity index (χ4v) is 3.47. The Morgan fingerprint density at radius 3 is 2.48 bits per heavy atom. The van der Waals surface area contributed by atoms with E-state index in [0.29, 0.717) is 22.0 Å². The molecule has 0 spiro atoms. The zero-order chi connectivity index (χ0) is 19.2. The second kappa shape index (κ2) is 8.81. The van der Waals surface area contributed by atoms with Crippen LogP contribution in [0.15, 0.2) is 41.8 Å². The van der Waals surface area contributed by atoms with Gasteiger partial charge in [-0.1, -0.05) is 13.0 Å². The van der Waals surface area contributed by atoms with Gasteiger partial charge in [0.2, 0.25) is 0 Å². The third kappa shape index (κ3) is 5.17. The van der Waals surface area contributed by atoms with Gasteiger partial charge in [0.1, 0.15) is 0 Å². The highest BCUT2D eigenvalue weighted by Gasteiger charge is 2.21. The van der Waals surface area contributed by atoms with Gasteiger partial charge < -0.3 is 15.0 Å². The number of thiophene rings is 1. The molecule has 3 rings (SSSR count). The molecule has 1 fully saturated rings. The number of piperidine rings is 1. The molecule has 1 aromatic carbocycles. The smallest absolute Gasteiger partial charge is 0.338 e. The number of carbonyl (C=O) groups excluding carboxylic acids is 3. The predicted octanol–water partition coefficient (Wildman–Crippen LogP) is 3.42. The standard InChI is InChI=1S/C20H22N2O4S/c1-14-8-10-22(11-9-14)18(23)13-26-20(25)15-4-6-16(7-5-15)21-19(24)17-3-2-12-27-17/h2-7,12,14H,8-11,13H2,1H3,(H,21,24). The van der Waals surface area contributed by atoms with Crippen molar-refractivity contribution < 1.29 is 19.1 Å². The first-order chi connectivity index (χ1) is 13.0. The molecule has 1 aromatic heterocycles. The number of hydrogen-bond donors (Lipinski definition) is 1. The minimum Gasteiger partial charge on any atom is -0.452 e. The highest BCUT2D eigenvalue weighted by atomic mass is 32.1. The maximum atomic E-state index is 12.1. The van der Waals surface area contributed by atoms with Crippen LogP contribution in [0.3, 0.4) is 0 Å². The van der Waals surface area contributed by atoms with Crippen LogP contribution in [-0.2, 0) is 9.53 Å². The molecule has 1 aliphatic rings. The first kappa shape index (κ1) is 19.1. The Morgan fingerprint density at radius 2 is 1.85 bits per heavy atom. The summed E-state index contributed by atoms with van der Waals surface area (Å²) in [5.74, 6) is -0.267. The Hall–Kier alpha value is -2.67. The van der Waals surface area contributed by atoms with Gasteiger partial charge in [-0.25, -0.2) is 4.79 Å². The van der Waals surface area contributed by atoms with Crippen molar-refractivity contribution in [3.05, 3.63) is 52.2 Å². The van der Waals surface area contributed by atoms with Crippen LogP contribution >= 0.6 is 11.3 Å². The summed E-state index contributed by atoms with van der Waals surface area (Å²) in [4.78, 5) is 38.6. The van der Waals surface area contributed by atoms with Crippen molar-refractivity contribution in [1.82, 2.24) is 4.90 Å². The molecule has 27 heavy (non-hydrogen) atoms. The van der Waals surface area contributed by atoms with Crippen LogP contribution in [-0.4, -0.2) is 42.4 Å². The van der Waals surface area contributed by atoms with Gasteiger partial charge in [-0.2, -0.15) is 0 Å². The van der Waals surface area contributed by atoms with E-state index in [1.807, 2.05) is 11.4 Å². The second-order valence-corrected chi connectivity index (χ2v) is 7.60. The van der Waals surface area contributed by atoms with Gasteiger partial charge in [-0.15, -0.1) is 11.3 Å². The van der Waals surface area contributed by atoms with Crippen molar-refractivity contribution in [2.24, 2.45) is 5.92 Å². The number of nitrogens with one attached hydrogen (secondary N) is 1. The Bertz CT molecular complexity index is 794. The molecule has 0 aliphatic carbocycles. The molecule has 2 aromatic rings. The van der Waals surface area contributed by atoms with E-state index in [9.17, 15) is 14.4 Å². The van der Waals surface area contributed by atoms with Crippen LogP contribution in [0.1, 0.15) is 39.8 Å². The molecular weight excluding hydrogens is 364 g/mol. The topological polar surface area (TPSA) is 75.7 Å². The molecule has 0 radical (unpaired) electrons. The average molecular weight is 386 g/mol. The number of likely N-dealkylation sites (tertiary alicyclic amines) is 1. The second-order valence-electron chi connectivity index (χ2n) is 6.65. The third-order valence-electron chi connectivity index (χ3n) is 4.59. The van der Waals surface area contributed by atoms with Crippen molar-refractivity contribution in [3.63, 3.8) is 0 Å². The minimum absolute atomic E-state index is 0.157. The summed E-state index contributed by atoms with van der Waals surface area (Å²) in [6.07, 6.45) is 1.97. The Balaban J connectivity index is 1.48. The van der Waals surface area contributed by atoms with E-state index in [2.05, 4.69) is 12.2 Å². The molecule has 6 nitrogen and oxygen atoms in total. The molecule has 0 unspecified atom stereocenters. The van der Waals surface area contributed by atoms with Gasteiger partial charge in [0.15, 0.2) is 6.61 Å². The highest BCUT2D eigenvalue weighted by molar-refractivity contribution is 7.12. The molecular formula is C20H22N2O4S. The van der Waals surface area contributed by atoms with Gasteiger partial charge in [0, 0.05) is 18.8 Å². The number of benzene rings is 1. The van der Waals surface area contributed by atoms with E-state index >= 15 is 0 Å².